The standard InChI is InChI=1S/C29H25F4N7O3/c30-18-11-14(26(42)37-20-12-16(5-8-35-20)29(31,32)33)1-3-17(18)21-22-24(34)36-9-10-39(22)25(38-21)15-2-4-19-23(41)28(6-7-28)27(43)40(19)13-15/h1,3,5,8-12,15,19,23,41H,2,4,6-7,13H2,(H2,34,36)(H,35,37,42)/t15?,19-,23?/m0/s1. The van der Waals surface area contributed by atoms with Crippen LogP contribution in [0.5, 0.6) is 0 Å². The van der Waals surface area contributed by atoms with Crippen molar-refractivity contribution < 1.29 is 32.3 Å². The van der Waals surface area contributed by atoms with Crippen LogP contribution in [0.4, 0.5) is 29.2 Å². The number of nitrogen functional groups attached to an aromatic ring is 1. The summed E-state index contributed by atoms with van der Waals surface area (Å²) in [6.45, 7) is 0.355. The molecule has 7 rings (SSSR count). The zero-order chi connectivity index (χ0) is 30.3. The van der Waals surface area contributed by atoms with Gasteiger partial charge in [-0.25, -0.2) is 19.3 Å². The number of nitrogens with two attached hydrogens (primary N) is 1. The molecule has 1 aliphatic carbocycles. The summed E-state index contributed by atoms with van der Waals surface area (Å²) >= 11 is 0. The lowest BCUT2D eigenvalue weighted by molar-refractivity contribution is -0.137. The first-order valence-electron chi connectivity index (χ1n) is 13.7. The monoisotopic (exact) mass is 595 g/mol. The first kappa shape index (κ1) is 27.3. The molecule has 2 unspecified atom stereocenters. The minimum atomic E-state index is -4.62. The SMILES string of the molecule is Nc1nccn2c(C3CC[C@H]4C(O)C5(CC5)C(=O)N4C3)nc(-c3ccc(C(=O)Nc4cc(C(F)(F)F)ccn4)cc3F)c12. The van der Waals surface area contributed by atoms with E-state index < -0.39 is 35.0 Å². The van der Waals surface area contributed by atoms with E-state index in [4.69, 9.17) is 10.7 Å². The van der Waals surface area contributed by atoms with E-state index in [1.807, 2.05) is 0 Å². The van der Waals surface area contributed by atoms with Gasteiger partial charge in [-0.05, 0) is 56.0 Å². The van der Waals surface area contributed by atoms with E-state index in [0.717, 1.165) is 18.3 Å². The van der Waals surface area contributed by atoms with Crippen molar-refractivity contribution in [3.8, 4) is 11.3 Å². The van der Waals surface area contributed by atoms with Crippen molar-refractivity contribution in [1.82, 2.24) is 24.3 Å². The number of nitrogens with zero attached hydrogens (tertiary/aromatic N) is 5. The molecule has 3 atom stereocenters. The number of anilines is 2. The molecule has 1 spiro atoms. The van der Waals surface area contributed by atoms with Gasteiger partial charge in [0.15, 0.2) is 0 Å². The summed E-state index contributed by atoms with van der Waals surface area (Å²) in [5.74, 6) is -1.57. The van der Waals surface area contributed by atoms with E-state index in [1.54, 1.807) is 15.5 Å². The van der Waals surface area contributed by atoms with E-state index in [9.17, 15) is 27.9 Å². The molecule has 10 nitrogen and oxygen atoms in total. The lowest BCUT2D eigenvalue weighted by Gasteiger charge is -2.35. The summed E-state index contributed by atoms with van der Waals surface area (Å²) in [5, 5.41) is 13.1. The Morgan fingerprint density at radius 1 is 1.12 bits per heavy atom. The van der Waals surface area contributed by atoms with Gasteiger partial charge < -0.3 is 21.1 Å². The van der Waals surface area contributed by atoms with Gasteiger partial charge in [0, 0.05) is 42.2 Å². The van der Waals surface area contributed by atoms with Crippen LogP contribution in [0.3, 0.4) is 0 Å². The Balaban J connectivity index is 1.19. The molecule has 2 amide bonds. The van der Waals surface area contributed by atoms with Crippen LogP contribution < -0.4 is 11.1 Å². The predicted octanol–water partition coefficient (Wildman–Crippen LogP) is 4.01. The van der Waals surface area contributed by atoms with Crippen LogP contribution in [0.25, 0.3) is 16.8 Å². The van der Waals surface area contributed by atoms with Crippen molar-refractivity contribution in [1.29, 1.82) is 0 Å². The Hall–Kier alpha value is -4.59. The number of imidazole rings is 1. The number of hydrogen-bond donors (Lipinski definition) is 3. The molecule has 3 aliphatic rings. The van der Waals surface area contributed by atoms with Gasteiger partial charge in [-0.3, -0.25) is 14.0 Å². The topological polar surface area (TPSA) is 139 Å². The number of benzene rings is 1. The number of pyridine rings is 1. The molecule has 0 radical (unpaired) electrons. The normalized spacial score (nSPS) is 22.7. The van der Waals surface area contributed by atoms with Gasteiger partial charge in [0.1, 0.15) is 34.5 Å². The Bertz CT molecular complexity index is 1800. The van der Waals surface area contributed by atoms with Crippen LogP contribution >= 0.6 is 0 Å². The number of amides is 2. The summed E-state index contributed by atoms with van der Waals surface area (Å²) in [5.41, 5.74) is 5.03. The molecule has 4 N–H and O–H groups in total. The summed E-state index contributed by atoms with van der Waals surface area (Å²) < 4.78 is 56.4. The quantitative estimate of drug-likeness (QED) is 0.303. The minimum Gasteiger partial charge on any atom is -0.390 e. The van der Waals surface area contributed by atoms with E-state index in [-0.39, 0.29) is 46.3 Å². The Morgan fingerprint density at radius 2 is 1.91 bits per heavy atom. The lowest BCUT2D eigenvalue weighted by Crippen LogP contribution is -2.44. The van der Waals surface area contributed by atoms with E-state index in [1.165, 1.54) is 18.3 Å². The van der Waals surface area contributed by atoms with Crippen molar-refractivity contribution >= 4 is 29.0 Å². The molecule has 4 aromatic rings. The highest BCUT2D eigenvalue weighted by molar-refractivity contribution is 6.04. The van der Waals surface area contributed by atoms with Crippen LogP contribution in [-0.4, -0.2) is 59.9 Å². The number of piperidine rings is 1. The predicted molar refractivity (Wildman–Crippen MR) is 145 cm³/mol. The second kappa shape index (κ2) is 9.46. The smallest absolute Gasteiger partial charge is 0.390 e. The molecule has 2 aliphatic heterocycles. The highest BCUT2D eigenvalue weighted by Crippen LogP contribution is 2.58. The van der Waals surface area contributed by atoms with Gasteiger partial charge in [-0.15, -0.1) is 0 Å². The zero-order valence-electron chi connectivity index (χ0n) is 22.5. The minimum absolute atomic E-state index is 0.0304. The third-order valence-corrected chi connectivity index (χ3v) is 8.83. The van der Waals surface area contributed by atoms with Crippen LogP contribution in [-0.2, 0) is 11.0 Å². The summed E-state index contributed by atoms with van der Waals surface area (Å²) in [7, 11) is 0. The summed E-state index contributed by atoms with van der Waals surface area (Å²) in [4.78, 5) is 40.3. The van der Waals surface area contributed by atoms with E-state index in [2.05, 4.69) is 15.3 Å². The maximum absolute atomic E-state index is 15.6. The first-order valence-corrected chi connectivity index (χ1v) is 13.7. The summed E-state index contributed by atoms with van der Waals surface area (Å²) in [6, 6.07) is 4.85. The number of aliphatic hydroxyl groups excluding tert-OH is 1. The number of alkyl halides is 3. The highest BCUT2D eigenvalue weighted by Gasteiger charge is 2.66. The van der Waals surface area contributed by atoms with E-state index >= 15 is 4.39 Å². The number of rotatable bonds is 4. The molecular formula is C29H25F4N7O3. The maximum atomic E-state index is 15.6. The third kappa shape index (κ3) is 4.30. The Morgan fingerprint density at radius 3 is 2.63 bits per heavy atom. The van der Waals surface area contributed by atoms with Gasteiger partial charge in [0.05, 0.1) is 23.1 Å². The molecule has 14 heteroatoms. The largest absolute Gasteiger partial charge is 0.416 e. The second-order valence-corrected chi connectivity index (χ2v) is 11.3. The Labute approximate surface area is 241 Å². The van der Waals surface area contributed by atoms with Gasteiger partial charge in [-0.1, -0.05) is 0 Å². The highest BCUT2D eigenvalue weighted by atomic mass is 19.4. The van der Waals surface area contributed by atoms with Gasteiger partial charge >= 0.3 is 6.18 Å². The van der Waals surface area contributed by atoms with Crippen molar-refractivity contribution in [2.24, 2.45) is 5.41 Å². The average Bonchev–Trinajstić information content (AvgIpc) is 3.66. The molecule has 1 saturated carbocycles. The fourth-order valence-corrected chi connectivity index (χ4v) is 6.46. The lowest BCUT2D eigenvalue weighted by atomic mass is 9.89. The van der Waals surface area contributed by atoms with Gasteiger partial charge in [-0.2, -0.15) is 13.2 Å². The average molecular weight is 596 g/mol. The third-order valence-electron chi connectivity index (χ3n) is 8.83. The number of aromatic nitrogens is 4. The molecule has 2 saturated heterocycles. The molecular weight excluding hydrogens is 570 g/mol. The molecule has 3 aromatic heterocycles. The zero-order valence-corrected chi connectivity index (χ0v) is 22.5. The van der Waals surface area contributed by atoms with Crippen molar-refractivity contribution in [3.05, 3.63) is 71.7 Å². The van der Waals surface area contributed by atoms with Crippen molar-refractivity contribution in [2.75, 3.05) is 17.6 Å². The van der Waals surface area contributed by atoms with E-state index in [0.29, 0.717) is 49.6 Å². The fraction of sp³-hybridized carbons (Fsp3) is 0.345. The van der Waals surface area contributed by atoms with Crippen molar-refractivity contribution in [2.45, 2.75) is 49.9 Å². The molecule has 222 valence electrons. The molecule has 43 heavy (non-hydrogen) atoms. The van der Waals surface area contributed by atoms with Crippen LogP contribution in [0.2, 0.25) is 0 Å². The number of hydrogen-bond acceptors (Lipinski definition) is 7. The van der Waals surface area contributed by atoms with Crippen molar-refractivity contribution in [3.63, 3.8) is 0 Å². The van der Waals surface area contributed by atoms with Crippen LogP contribution in [0.1, 0.15) is 53.3 Å². The van der Waals surface area contributed by atoms with Gasteiger partial charge in [0.25, 0.3) is 5.91 Å². The van der Waals surface area contributed by atoms with Crippen LogP contribution in [0, 0.1) is 11.2 Å². The second-order valence-electron chi connectivity index (χ2n) is 11.3. The maximum Gasteiger partial charge on any atom is 0.416 e. The number of nitrogens with one attached hydrogen (secondary N) is 1. The number of carbonyl (C=O) groups is 2. The Kier molecular flexibility index (Phi) is 6.00. The van der Waals surface area contributed by atoms with Gasteiger partial charge in [0.2, 0.25) is 5.91 Å². The first-order chi connectivity index (χ1) is 20.5. The molecule has 5 heterocycles. The fourth-order valence-electron chi connectivity index (χ4n) is 6.46. The number of carbonyl (C=O) groups excluding carboxylic acids is 2. The molecule has 1 aromatic carbocycles. The molecule has 3 fully saturated rings. The number of aliphatic hydroxyl groups is 1. The number of halogens is 4. The molecule has 0 bridgehead atoms. The number of fused-ring (bicyclic) bond motifs is 2. The summed E-state index contributed by atoms with van der Waals surface area (Å²) in [6.07, 6.45) is 1.40. The van der Waals surface area contributed by atoms with Crippen LogP contribution in [0.15, 0.2) is 48.9 Å².